The van der Waals surface area contributed by atoms with E-state index in [1.807, 2.05) is 0 Å². The number of nitrogens with one attached hydrogen (secondary N) is 1. The zero-order valence-corrected chi connectivity index (χ0v) is 11.9. The summed E-state index contributed by atoms with van der Waals surface area (Å²) < 4.78 is 0. The van der Waals surface area contributed by atoms with Gasteiger partial charge in [0.15, 0.2) is 0 Å². The van der Waals surface area contributed by atoms with Crippen molar-refractivity contribution in [3.8, 4) is 0 Å². The highest BCUT2D eigenvalue weighted by atomic mass is 15.3. The number of benzene rings is 1. The lowest BCUT2D eigenvalue weighted by atomic mass is 9.93. The first kappa shape index (κ1) is 13.6. The first-order chi connectivity index (χ1) is 8.63. The van der Waals surface area contributed by atoms with Gasteiger partial charge in [0.05, 0.1) is 0 Å². The van der Waals surface area contributed by atoms with Crippen LogP contribution >= 0.6 is 0 Å². The van der Waals surface area contributed by atoms with E-state index in [1.165, 1.54) is 24.9 Å². The van der Waals surface area contributed by atoms with Crippen LogP contribution in [0.4, 0.5) is 0 Å². The minimum atomic E-state index is 0.272. The Bertz CT molecular complexity index is 359. The molecule has 0 aliphatic carbocycles. The Balaban J connectivity index is 2.08. The summed E-state index contributed by atoms with van der Waals surface area (Å²) >= 11 is 0. The fourth-order valence-electron chi connectivity index (χ4n) is 3.04. The van der Waals surface area contributed by atoms with Gasteiger partial charge in [-0.25, -0.2) is 0 Å². The van der Waals surface area contributed by atoms with E-state index in [0.717, 1.165) is 13.1 Å². The average Bonchev–Trinajstić information content (AvgIpc) is 2.37. The van der Waals surface area contributed by atoms with Crippen LogP contribution in [-0.2, 0) is 6.42 Å². The molecule has 1 saturated heterocycles. The molecule has 0 amide bonds. The topological polar surface area (TPSA) is 15.3 Å². The van der Waals surface area contributed by atoms with E-state index in [2.05, 4.69) is 61.3 Å². The van der Waals surface area contributed by atoms with Crippen LogP contribution in [0.1, 0.15) is 32.8 Å². The molecule has 0 radical (unpaired) electrons. The molecule has 1 N–H and O–H groups in total. The molecule has 100 valence electrons. The quantitative estimate of drug-likeness (QED) is 0.878. The molecular formula is C16H26N2. The first-order valence-electron chi connectivity index (χ1n) is 7.15. The monoisotopic (exact) mass is 246 g/mol. The zero-order chi connectivity index (χ0) is 13.0. The molecule has 1 aromatic rings. The van der Waals surface area contributed by atoms with Gasteiger partial charge in [0, 0.05) is 31.2 Å². The Morgan fingerprint density at radius 3 is 2.61 bits per heavy atom. The number of hydrogen-bond acceptors (Lipinski definition) is 2. The van der Waals surface area contributed by atoms with Crippen LogP contribution in [0.5, 0.6) is 0 Å². The minimum absolute atomic E-state index is 0.272. The van der Waals surface area contributed by atoms with Gasteiger partial charge in [-0.05, 0) is 32.3 Å². The zero-order valence-electron chi connectivity index (χ0n) is 11.9. The summed E-state index contributed by atoms with van der Waals surface area (Å²) in [5.74, 6) is 0. The highest BCUT2D eigenvalue weighted by Crippen LogP contribution is 2.23. The third-order valence-corrected chi connectivity index (χ3v) is 4.09. The van der Waals surface area contributed by atoms with Gasteiger partial charge < -0.3 is 5.32 Å². The predicted octanol–water partition coefficient (Wildman–Crippen LogP) is 2.69. The maximum atomic E-state index is 3.51. The van der Waals surface area contributed by atoms with E-state index < -0.39 is 0 Å². The molecular weight excluding hydrogens is 220 g/mol. The molecule has 1 aromatic carbocycles. The van der Waals surface area contributed by atoms with Gasteiger partial charge in [0.25, 0.3) is 0 Å². The SMILES string of the molecule is CCC(Cc1ccccc1)N1CCNCC1(C)C. The van der Waals surface area contributed by atoms with Crippen molar-refractivity contribution in [2.24, 2.45) is 0 Å². The number of piperazine rings is 1. The predicted molar refractivity (Wildman–Crippen MR) is 77.9 cm³/mol. The van der Waals surface area contributed by atoms with Crippen molar-refractivity contribution in [2.75, 3.05) is 19.6 Å². The Morgan fingerprint density at radius 2 is 2.00 bits per heavy atom. The van der Waals surface area contributed by atoms with Crippen molar-refractivity contribution in [1.82, 2.24) is 10.2 Å². The third kappa shape index (κ3) is 3.12. The van der Waals surface area contributed by atoms with E-state index in [1.54, 1.807) is 0 Å². The summed E-state index contributed by atoms with van der Waals surface area (Å²) in [5.41, 5.74) is 1.73. The van der Waals surface area contributed by atoms with Crippen LogP contribution in [-0.4, -0.2) is 36.1 Å². The van der Waals surface area contributed by atoms with Gasteiger partial charge in [-0.3, -0.25) is 4.90 Å². The highest BCUT2D eigenvalue weighted by Gasteiger charge is 2.33. The number of rotatable bonds is 4. The average molecular weight is 246 g/mol. The standard InChI is InChI=1S/C16H26N2/c1-4-15(12-14-8-6-5-7-9-14)18-11-10-17-13-16(18,2)3/h5-9,15,17H,4,10-13H2,1-3H3. The van der Waals surface area contributed by atoms with E-state index in [9.17, 15) is 0 Å². The van der Waals surface area contributed by atoms with Crippen molar-refractivity contribution in [3.05, 3.63) is 35.9 Å². The lowest BCUT2D eigenvalue weighted by molar-refractivity contribution is 0.0430. The van der Waals surface area contributed by atoms with Crippen LogP contribution in [0.3, 0.4) is 0 Å². The van der Waals surface area contributed by atoms with Gasteiger partial charge in [-0.15, -0.1) is 0 Å². The van der Waals surface area contributed by atoms with Crippen molar-refractivity contribution < 1.29 is 0 Å². The van der Waals surface area contributed by atoms with Crippen LogP contribution in [0, 0.1) is 0 Å². The second kappa shape index (κ2) is 5.85. The maximum Gasteiger partial charge on any atom is 0.0281 e. The largest absolute Gasteiger partial charge is 0.314 e. The second-order valence-electron chi connectivity index (χ2n) is 5.93. The van der Waals surface area contributed by atoms with Crippen LogP contribution in [0.15, 0.2) is 30.3 Å². The molecule has 1 aliphatic heterocycles. The fraction of sp³-hybridized carbons (Fsp3) is 0.625. The first-order valence-corrected chi connectivity index (χ1v) is 7.15. The van der Waals surface area contributed by atoms with Gasteiger partial charge in [0.2, 0.25) is 0 Å². The minimum Gasteiger partial charge on any atom is -0.314 e. The van der Waals surface area contributed by atoms with Crippen molar-refractivity contribution in [2.45, 2.75) is 45.2 Å². The third-order valence-electron chi connectivity index (χ3n) is 4.09. The molecule has 0 bridgehead atoms. The van der Waals surface area contributed by atoms with E-state index in [0.29, 0.717) is 6.04 Å². The van der Waals surface area contributed by atoms with Crippen molar-refractivity contribution in [3.63, 3.8) is 0 Å². The Kier molecular flexibility index (Phi) is 4.41. The van der Waals surface area contributed by atoms with Crippen molar-refractivity contribution in [1.29, 1.82) is 0 Å². The van der Waals surface area contributed by atoms with Gasteiger partial charge in [0.1, 0.15) is 0 Å². The molecule has 18 heavy (non-hydrogen) atoms. The molecule has 0 saturated carbocycles. The van der Waals surface area contributed by atoms with Crippen LogP contribution in [0.2, 0.25) is 0 Å². The van der Waals surface area contributed by atoms with Gasteiger partial charge in [-0.1, -0.05) is 37.3 Å². The van der Waals surface area contributed by atoms with E-state index >= 15 is 0 Å². The smallest absolute Gasteiger partial charge is 0.0281 e. The van der Waals surface area contributed by atoms with E-state index in [4.69, 9.17) is 0 Å². The molecule has 1 atom stereocenters. The van der Waals surface area contributed by atoms with Crippen LogP contribution in [0.25, 0.3) is 0 Å². The molecule has 1 fully saturated rings. The molecule has 1 heterocycles. The molecule has 1 unspecified atom stereocenters. The lowest BCUT2D eigenvalue weighted by Crippen LogP contribution is -2.61. The van der Waals surface area contributed by atoms with Crippen LogP contribution < -0.4 is 5.32 Å². The molecule has 2 heteroatoms. The molecule has 0 aromatic heterocycles. The molecule has 0 spiro atoms. The Hall–Kier alpha value is -0.860. The number of hydrogen-bond donors (Lipinski definition) is 1. The maximum absolute atomic E-state index is 3.51. The van der Waals surface area contributed by atoms with Crippen molar-refractivity contribution >= 4 is 0 Å². The summed E-state index contributed by atoms with van der Waals surface area (Å²) in [4.78, 5) is 2.69. The summed E-state index contributed by atoms with van der Waals surface area (Å²) in [6.07, 6.45) is 2.39. The summed E-state index contributed by atoms with van der Waals surface area (Å²) in [6.45, 7) is 10.4. The van der Waals surface area contributed by atoms with Gasteiger partial charge in [-0.2, -0.15) is 0 Å². The van der Waals surface area contributed by atoms with E-state index in [-0.39, 0.29) is 5.54 Å². The normalized spacial score (nSPS) is 21.7. The fourth-order valence-corrected chi connectivity index (χ4v) is 3.04. The number of nitrogens with zero attached hydrogens (tertiary/aromatic N) is 1. The summed E-state index contributed by atoms with van der Waals surface area (Å²) in [6, 6.07) is 11.5. The van der Waals surface area contributed by atoms with Gasteiger partial charge >= 0.3 is 0 Å². The summed E-state index contributed by atoms with van der Waals surface area (Å²) in [5, 5.41) is 3.51. The molecule has 2 rings (SSSR count). The second-order valence-corrected chi connectivity index (χ2v) is 5.93. The Morgan fingerprint density at radius 1 is 1.28 bits per heavy atom. The highest BCUT2D eigenvalue weighted by molar-refractivity contribution is 5.16. The molecule has 2 nitrogen and oxygen atoms in total. The molecule has 1 aliphatic rings. The Labute approximate surface area is 111 Å². The lowest BCUT2D eigenvalue weighted by Gasteiger charge is -2.47. The summed E-state index contributed by atoms with van der Waals surface area (Å²) in [7, 11) is 0.